The Morgan fingerprint density at radius 1 is 1.43 bits per heavy atom. The van der Waals surface area contributed by atoms with Crippen LogP contribution in [0.4, 0.5) is 5.69 Å². The van der Waals surface area contributed by atoms with Gasteiger partial charge in [-0.05, 0) is 17.5 Å². The van der Waals surface area contributed by atoms with E-state index in [0.29, 0.717) is 6.61 Å². The minimum Gasteiger partial charge on any atom is -0.371 e. The number of rotatable bonds is 3. The fourth-order valence-electron chi connectivity index (χ4n) is 2.74. The first kappa shape index (κ1) is 14.9. The van der Waals surface area contributed by atoms with Gasteiger partial charge in [0, 0.05) is 6.07 Å². The van der Waals surface area contributed by atoms with E-state index in [9.17, 15) is 14.9 Å². The Hall–Kier alpha value is -2.98. The molecule has 1 atom stereocenters. The number of ether oxygens (including phenoxy) is 1. The monoisotopic (exact) mass is 311 g/mol. The summed E-state index contributed by atoms with van der Waals surface area (Å²) in [6.07, 6.45) is 1.58. The van der Waals surface area contributed by atoms with Crippen molar-refractivity contribution in [1.82, 2.24) is 4.57 Å². The molecule has 0 spiro atoms. The van der Waals surface area contributed by atoms with Crippen LogP contribution in [-0.2, 0) is 17.7 Å². The summed E-state index contributed by atoms with van der Waals surface area (Å²) < 4.78 is 6.91. The van der Waals surface area contributed by atoms with E-state index in [-0.39, 0.29) is 23.9 Å². The molecule has 2 aromatic rings. The summed E-state index contributed by atoms with van der Waals surface area (Å²) in [6, 6.07) is 10.5. The maximum atomic E-state index is 12.2. The predicted molar refractivity (Wildman–Crippen MR) is 80.9 cm³/mol. The molecule has 0 radical (unpaired) electrons. The molecule has 23 heavy (non-hydrogen) atoms. The molecule has 2 heterocycles. The lowest BCUT2D eigenvalue weighted by molar-refractivity contribution is -0.385. The molecule has 0 saturated carbocycles. The molecule has 0 amide bonds. The van der Waals surface area contributed by atoms with E-state index < -0.39 is 10.5 Å². The molecule has 0 saturated heterocycles. The van der Waals surface area contributed by atoms with Crippen LogP contribution < -0.4 is 5.56 Å². The molecular formula is C16H13N3O4. The van der Waals surface area contributed by atoms with E-state index in [4.69, 9.17) is 10.00 Å². The standard InChI is InChI=1S/C16H13N3O4/c17-8-12-7-13(19(21)22)9-18(16(12)20)10-15-14-4-2-1-3-11(14)5-6-23-15/h1-4,7,9,15H,5-6,10H2/t15-/m1/s1. The van der Waals surface area contributed by atoms with E-state index >= 15 is 0 Å². The van der Waals surface area contributed by atoms with Gasteiger partial charge in [-0.1, -0.05) is 24.3 Å². The smallest absolute Gasteiger partial charge is 0.287 e. The lowest BCUT2D eigenvalue weighted by Gasteiger charge is -2.26. The van der Waals surface area contributed by atoms with Crippen molar-refractivity contribution in [1.29, 1.82) is 5.26 Å². The number of hydrogen-bond acceptors (Lipinski definition) is 5. The lowest BCUT2D eigenvalue weighted by atomic mass is 9.97. The van der Waals surface area contributed by atoms with Crippen molar-refractivity contribution >= 4 is 5.69 Å². The van der Waals surface area contributed by atoms with E-state index in [2.05, 4.69) is 0 Å². The Bertz CT molecular complexity index is 866. The zero-order valence-corrected chi connectivity index (χ0v) is 12.1. The number of nitrogens with zero attached hydrogens (tertiary/aromatic N) is 3. The Labute approximate surface area is 131 Å². The van der Waals surface area contributed by atoms with Crippen molar-refractivity contribution in [2.24, 2.45) is 0 Å². The van der Waals surface area contributed by atoms with Crippen molar-refractivity contribution in [2.45, 2.75) is 19.1 Å². The highest BCUT2D eigenvalue weighted by atomic mass is 16.6. The van der Waals surface area contributed by atoms with Gasteiger partial charge in [0.2, 0.25) is 0 Å². The number of aromatic nitrogens is 1. The Balaban J connectivity index is 2.01. The van der Waals surface area contributed by atoms with Gasteiger partial charge in [0.25, 0.3) is 11.2 Å². The van der Waals surface area contributed by atoms with E-state index in [0.717, 1.165) is 29.8 Å². The summed E-state index contributed by atoms with van der Waals surface area (Å²) >= 11 is 0. The van der Waals surface area contributed by atoms with Crippen LogP contribution in [0.3, 0.4) is 0 Å². The summed E-state index contributed by atoms with van der Waals surface area (Å²) in [6.45, 7) is 0.655. The maximum absolute atomic E-state index is 12.2. The largest absolute Gasteiger partial charge is 0.371 e. The first-order chi connectivity index (χ1) is 11.1. The zero-order valence-electron chi connectivity index (χ0n) is 12.1. The van der Waals surface area contributed by atoms with E-state index in [1.54, 1.807) is 6.07 Å². The van der Waals surface area contributed by atoms with Crippen LogP contribution in [0, 0.1) is 21.4 Å². The molecule has 3 rings (SSSR count). The number of benzene rings is 1. The average molecular weight is 311 g/mol. The highest BCUT2D eigenvalue weighted by molar-refractivity contribution is 5.38. The third kappa shape index (κ3) is 2.84. The van der Waals surface area contributed by atoms with Crippen molar-refractivity contribution in [3.8, 4) is 6.07 Å². The van der Waals surface area contributed by atoms with Gasteiger partial charge in [0.1, 0.15) is 17.7 Å². The fourth-order valence-corrected chi connectivity index (χ4v) is 2.74. The van der Waals surface area contributed by atoms with E-state index in [1.165, 1.54) is 4.57 Å². The minimum atomic E-state index is -0.619. The quantitative estimate of drug-likeness (QED) is 0.637. The molecule has 1 aromatic carbocycles. The van der Waals surface area contributed by atoms with Gasteiger partial charge in [-0.3, -0.25) is 14.9 Å². The first-order valence-electron chi connectivity index (χ1n) is 7.08. The normalized spacial score (nSPS) is 16.4. The summed E-state index contributed by atoms with van der Waals surface area (Å²) in [5.74, 6) is 0. The summed E-state index contributed by atoms with van der Waals surface area (Å²) in [5, 5.41) is 20.0. The van der Waals surface area contributed by atoms with Gasteiger partial charge >= 0.3 is 0 Å². The van der Waals surface area contributed by atoms with Crippen LogP contribution in [0.15, 0.2) is 41.3 Å². The highest BCUT2D eigenvalue weighted by Gasteiger charge is 2.23. The molecule has 0 aliphatic carbocycles. The maximum Gasteiger partial charge on any atom is 0.287 e. The first-order valence-corrected chi connectivity index (χ1v) is 7.08. The second kappa shape index (κ2) is 6.02. The second-order valence-corrected chi connectivity index (χ2v) is 5.25. The van der Waals surface area contributed by atoms with Gasteiger partial charge in [0.05, 0.1) is 24.3 Å². The lowest BCUT2D eigenvalue weighted by Crippen LogP contribution is -2.28. The average Bonchev–Trinajstić information content (AvgIpc) is 2.56. The molecule has 7 nitrogen and oxygen atoms in total. The van der Waals surface area contributed by atoms with Gasteiger partial charge in [-0.25, -0.2) is 0 Å². The van der Waals surface area contributed by atoms with Crippen molar-refractivity contribution in [3.63, 3.8) is 0 Å². The topological polar surface area (TPSA) is 98.2 Å². The summed E-state index contributed by atoms with van der Waals surface area (Å²) in [5.41, 5.74) is 1.02. The second-order valence-electron chi connectivity index (χ2n) is 5.25. The summed E-state index contributed by atoms with van der Waals surface area (Å²) in [7, 11) is 0. The molecule has 0 bridgehead atoms. The number of fused-ring (bicyclic) bond motifs is 1. The number of pyridine rings is 1. The third-order valence-corrected chi connectivity index (χ3v) is 3.86. The van der Waals surface area contributed by atoms with Gasteiger partial charge in [-0.2, -0.15) is 5.26 Å². The van der Waals surface area contributed by atoms with Crippen LogP contribution in [0.25, 0.3) is 0 Å². The molecule has 0 fully saturated rings. The van der Waals surface area contributed by atoms with E-state index in [1.807, 2.05) is 24.3 Å². The Morgan fingerprint density at radius 2 is 2.22 bits per heavy atom. The third-order valence-electron chi connectivity index (χ3n) is 3.86. The van der Waals surface area contributed by atoms with Crippen LogP contribution in [0.1, 0.15) is 22.8 Å². The molecule has 0 N–H and O–H groups in total. The molecule has 1 aliphatic heterocycles. The fraction of sp³-hybridized carbons (Fsp3) is 0.250. The molecule has 7 heteroatoms. The predicted octanol–water partition coefficient (Wildman–Crippen LogP) is 1.94. The molecule has 0 unspecified atom stereocenters. The molecule has 1 aliphatic rings. The van der Waals surface area contributed by atoms with Crippen molar-refractivity contribution in [2.75, 3.05) is 6.61 Å². The SMILES string of the molecule is N#Cc1cc([N+](=O)[O-])cn(C[C@H]2OCCc3ccccc32)c1=O. The van der Waals surface area contributed by atoms with Crippen LogP contribution in [0.5, 0.6) is 0 Å². The number of nitro groups is 1. The molecule has 116 valence electrons. The van der Waals surface area contributed by atoms with Gasteiger partial charge in [-0.15, -0.1) is 0 Å². The number of hydrogen-bond donors (Lipinski definition) is 0. The minimum absolute atomic E-state index is 0.131. The Morgan fingerprint density at radius 3 is 2.96 bits per heavy atom. The highest BCUT2D eigenvalue weighted by Crippen LogP contribution is 2.28. The van der Waals surface area contributed by atoms with Crippen LogP contribution in [-0.4, -0.2) is 16.1 Å². The van der Waals surface area contributed by atoms with Crippen LogP contribution in [0.2, 0.25) is 0 Å². The van der Waals surface area contributed by atoms with Crippen molar-refractivity contribution in [3.05, 3.63) is 73.7 Å². The molecular weight excluding hydrogens is 298 g/mol. The Kier molecular flexibility index (Phi) is 3.91. The van der Waals surface area contributed by atoms with Gasteiger partial charge in [0.15, 0.2) is 0 Å². The van der Waals surface area contributed by atoms with Crippen molar-refractivity contribution < 1.29 is 9.66 Å². The summed E-state index contributed by atoms with van der Waals surface area (Å²) in [4.78, 5) is 22.6. The van der Waals surface area contributed by atoms with Gasteiger partial charge < -0.3 is 9.30 Å². The zero-order chi connectivity index (χ0) is 16.4. The number of nitriles is 1. The molecule has 1 aromatic heterocycles. The van der Waals surface area contributed by atoms with Crippen LogP contribution >= 0.6 is 0 Å².